The fourth-order valence-electron chi connectivity index (χ4n) is 2.20. The van der Waals surface area contributed by atoms with Crippen LogP contribution < -0.4 is 10.1 Å². The third-order valence-corrected chi connectivity index (χ3v) is 3.78. The van der Waals surface area contributed by atoms with Crippen LogP contribution >= 0.6 is 11.6 Å². The van der Waals surface area contributed by atoms with Crippen LogP contribution in [-0.4, -0.2) is 32.1 Å². The fourth-order valence-corrected chi connectivity index (χ4v) is 2.32. The third-order valence-electron chi connectivity index (χ3n) is 3.53. The Balaban J connectivity index is 1.70. The zero-order valence-electron chi connectivity index (χ0n) is 14.4. The summed E-state index contributed by atoms with van der Waals surface area (Å²) in [5.74, 6) is -0.293. The van der Waals surface area contributed by atoms with E-state index in [1.165, 1.54) is 6.08 Å². The minimum absolute atomic E-state index is 0.324. The number of esters is 1. The summed E-state index contributed by atoms with van der Waals surface area (Å²) in [4.78, 5) is 23.4. The molecule has 0 aliphatic rings. The highest BCUT2D eigenvalue weighted by molar-refractivity contribution is 6.30. The summed E-state index contributed by atoms with van der Waals surface area (Å²) in [5.41, 5.74) is 1.81. The van der Waals surface area contributed by atoms with Crippen molar-refractivity contribution in [1.29, 1.82) is 0 Å². The van der Waals surface area contributed by atoms with Crippen molar-refractivity contribution in [2.75, 3.05) is 20.3 Å². The zero-order valence-corrected chi connectivity index (χ0v) is 15.2. The summed E-state index contributed by atoms with van der Waals surface area (Å²) in [6, 6.07) is 14.7. The molecule has 6 heteroatoms. The molecule has 1 amide bonds. The van der Waals surface area contributed by atoms with Gasteiger partial charge in [-0.1, -0.05) is 41.9 Å². The first kappa shape index (κ1) is 19.5. The molecule has 0 fully saturated rings. The number of ether oxygens (including phenoxy) is 2. The van der Waals surface area contributed by atoms with Crippen molar-refractivity contribution in [2.24, 2.45) is 0 Å². The first-order valence-electron chi connectivity index (χ1n) is 8.07. The van der Waals surface area contributed by atoms with Gasteiger partial charge in [-0.3, -0.25) is 4.79 Å². The Morgan fingerprint density at radius 3 is 2.58 bits per heavy atom. The summed E-state index contributed by atoms with van der Waals surface area (Å²) in [7, 11) is 1.55. The number of carbonyl (C=O) groups excluding carboxylic acids is 2. The van der Waals surface area contributed by atoms with Gasteiger partial charge in [-0.25, -0.2) is 4.79 Å². The number of benzene rings is 2. The summed E-state index contributed by atoms with van der Waals surface area (Å²) in [6.45, 7) is 0.130. The van der Waals surface area contributed by atoms with E-state index in [-0.39, 0.29) is 12.5 Å². The second kappa shape index (κ2) is 10.3. The summed E-state index contributed by atoms with van der Waals surface area (Å²) >= 11 is 5.82. The Labute approximate surface area is 157 Å². The lowest BCUT2D eigenvalue weighted by Gasteiger charge is -2.06. The van der Waals surface area contributed by atoms with Gasteiger partial charge >= 0.3 is 5.97 Å². The first-order chi connectivity index (χ1) is 12.6. The molecule has 2 aromatic rings. The van der Waals surface area contributed by atoms with E-state index in [4.69, 9.17) is 21.1 Å². The minimum Gasteiger partial charge on any atom is -0.496 e. The monoisotopic (exact) mass is 373 g/mol. The predicted molar refractivity (Wildman–Crippen MR) is 101 cm³/mol. The summed E-state index contributed by atoms with van der Waals surface area (Å²) < 4.78 is 10.1. The van der Waals surface area contributed by atoms with Crippen molar-refractivity contribution in [3.63, 3.8) is 0 Å². The van der Waals surface area contributed by atoms with Crippen LogP contribution in [-0.2, 0) is 20.7 Å². The smallest absolute Gasteiger partial charge is 0.331 e. The molecular weight excluding hydrogens is 354 g/mol. The van der Waals surface area contributed by atoms with Crippen LogP contribution in [0.15, 0.2) is 54.6 Å². The Morgan fingerprint density at radius 1 is 1.12 bits per heavy atom. The topological polar surface area (TPSA) is 64.6 Å². The zero-order chi connectivity index (χ0) is 18.8. The van der Waals surface area contributed by atoms with Gasteiger partial charge in [0.1, 0.15) is 5.75 Å². The molecule has 0 heterocycles. The fraction of sp³-hybridized carbons (Fsp3) is 0.200. The van der Waals surface area contributed by atoms with E-state index in [0.29, 0.717) is 23.7 Å². The van der Waals surface area contributed by atoms with E-state index in [0.717, 1.165) is 11.1 Å². The van der Waals surface area contributed by atoms with E-state index in [1.807, 2.05) is 30.3 Å². The highest BCUT2D eigenvalue weighted by atomic mass is 35.5. The van der Waals surface area contributed by atoms with Gasteiger partial charge in [0.05, 0.1) is 7.11 Å². The lowest BCUT2D eigenvalue weighted by Crippen LogP contribution is -2.30. The van der Waals surface area contributed by atoms with Gasteiger partial charge in [0, 0.05) is 23.2 Å². The standard InChI is InChI=1S/C20H20ClNO4/c1-25-18-5-3-2-4-16(18)8-11-20(24)26-14-19(23)22-13-12-15-6-9-17(21)10-7-15/h2-11H,12-14H2,1H3,(H,22,23)/b11-8+. The van der Waals surface area contributed by atoms with E-state index < -0.39 is 5.97 Å². The molecule has 2 aromatic carbocycles. The molecular formula is C20H20ClNO4. The Morgan fingerprint density at radius 2 is 1.85 bits per heavy atom. The number of hydrogen-bond acceptors (Lipinski definition) is 4. The third kappa shape index (κ3) is 6.61. The number of methoxy groups -OCH3 is 1. The molecule has 26 heavy (non-hydrogen) atoms. The maximum Gasteiger partial charge on any atom is 0.331 e. The quantitative estimate of drug-likeness (QED) is 0.569. The van der Waals surface area contributed by atoms with Crippen LogP contribution in [0.1, 0.15) is 11.1 Å². The number of hydrogen-bond donors (Lipinski definition) is 1. The van der Waals surface area contributed by atoms with Crippen LogP contribution in [0.3, 0.4) is 0 Å². The van der Waals surface area contributed by atoms with Crippen molar-refractivity contribution in [1.82, 2.24) is 5.32 Å². The molecule has 0 bridgehead atoms. The molecule has 136 valence electrons. The Hall–Kier alpha value is -2.79. The first-order valence-corrected chi connectivity index (χ1v) is 8.45. The normalized spacial score (nSPS) is 10.5. The van der Waals surface area contributed by atoms with Crippen LogP contribution in [0.2, 0.25) is 5.02 Å². The van der Waals surface area contributed by atoms with E-state index in [9.17, 15) is 9.59 Å². The van der Waals surface area contributed by atoms with E-state index in [1.54, 1.807) is 31.4 Å². The Kier molecular flexibility index (Phi) is 7.71. The highest BCUT2D eigenvalue weighted by Crippen LogP contribution is 2.18. The number of para-hydroxylation sites is 1. The maximum atomic E-state index is 11.7. The van der Waals surface area contributed by atoms with Gasteiger partial charge in [0.15, 0.2) is 6.61 Å². The Bertz CT molecular complexity index is 772. The summed E-state index contributed by atoms with van der Waals surface area (Å²) in [6.07, 6.45) is 3.52. The molecule has 0 atom stereocenters. The molecule has 1 N–H and O–H groups in total. The molecule has 0 saturated heterocycles. The van der Waals surface area contributed by atoms with Gasteiger partial charge in [-0.2, -0.15) is 0 Å². The number of rotatable bonds is 8. The lowest BCUT2D eigenvalue weighted by atomic mass is 10.1. The SMILES string of the molecule is COc1ccccc1/C=C/C(=O)OCC(=O)NCCc1ccc(Cl)cc1. The number of carbonyl (C=O) groups is 2. The largest absolute Gasteiger partial charge is 0.496 e. The average molecular weight is 374 g/mol. The average Bonchev–Trinajstić information content (AvgIpc) is 2.66. The van der Waals surface area contributed by atoms with Crippen LogP contribution in [0.5, 0.6) is 5.75 Å². The molecule has 0 aromatic heterocycles. The van der Waals surface area contributed by atoms with Gasteiger partial charge in [-0.15, -0.1) is 0 Å². The molecule has 5 nitrogen and oxygen atoms in total. The molecule has 0 unspecified atom stereocenters. The molecule has 0 spiro atoms. The van der Waals surface area contributed by atoms with Gasteiger partial charge in [0.2, 0.25) is 0 Å². The van der Waals surface area contributed by atoms with Crippen molar-refractivity contribution < 1.29 is 19.1 Å². The molecule has 0 aliphatic heterocycles. The number of nitrogens with one attached hydrogen (secondary N) is 1. The van der Waals surface area contributed by atoms with Gasteiger partial charge < -0.3 is 14.8 Å². The maximum absolute atomic E-state index is 11.7. The van der Waals surface area contributed by atoms with Gasteiger partial charge in [0.25, 0.3) is 5.91 Å². The van der Waals surface area contributed by atoms with Gasteiger partial charge in [-0.05, 0) is 36.3 Å². The predicted octanol–water partition coefficient (Wildman–Crippen LogP) is 3.26. The van der Waals surface area contributed by atoms with Crippen LogP contribution in [0, 0.1) is 0 Å². The molecule has 0 aliphatic carbocycles. The highest BCUT2D eigenvalue weighted by Gasteiger charge is 2.05. The van der Waals surface area contributed by atoms with Crippen LogP contribution in [0.25, 0.3) is 6.08 Å². The van der Waals surface area contributed by atoms with E-state index >= 15 is 0 Å². The number of halogens is 1. The lowest BCUT2D eigenvalue weighted by molar-refractivity contribution is -0.143. The molecule has 0 saturated carbocycles. The molecule has 2 rings (SSSR count). The van der Waals surface area contributed by atoms with E-state index in [2.05, 4.69) is 5.32 Å². The van der Waals surface area contributed by atoms with Crippen molar-refractivity contribution in [3.05, 3.63) is 70.8 Å². The van der Waals surface area contributed by atoms with Crippen molar-refractivity contribution in [3.8, 4) is 5.75 Å². The molecule has 0 radical (unpaired) electrons. The number of amides is 1. The second-order valence-electron chi connectivity index (χ2n) is 5.41. The minimum atomic E-state index is -0.594. The van der Waals surface area contributed by atoms with Crippen molar-refractivity contribution >= 4 is 29.6 Å². The van der Waals surface area contributed by atoms with Crippen LogP contribution in [0.4, 0.5) is 0 Å². The van der Waals surface area contributed by atoms with Crippen molar-refractivity contribution in [2.45, 2.75) is 6.42 Å². The second-order valence-corrected chi connectivity index (χ2v) is 5.85. The summed E-state index contributed by atoms with van der Waals surface area (Å²) in [5, 5.41) is 3.37.